The number of fused-ring (bicyclic) bond motifs is 1. The molecule has 4 aromatic rings. The van der Waals surface area contributed by atoms with Gasteiger partial charge in [0.05, 0.1) is 17.3 Å². The van der Waals surface area contributed by atoms with E-state index in [1.807, 2.05) is 0 Å². The predicted octanol–water partition coefficient (Wildman–Crippen LogP) is 5.57. The van der Waals surface area contributed by atoms with Crippen molar-refractivity contribution in [1.29, 1.82) is 0 Å². The van der Waals surface area contributed by atoms with E-state index in [9.17, 15) is 30.8 Å². The van der Waals surface area contributed by atoms with Gasteiger partial charge in [0.25, 0.3) is 10.0 Å². The molecule has 39 heavy (non-hydrogen) atoms. The molecular formula is C27H21F4N3O4S. The summed E-state index contributed by atoms with van der Waals surface area (Å²) in [5.41, 5.74) is 0.703. The van der Waals surface area contributed by atoms with Crippen molar-refractivity contribution in [2.24, 2.45) is 0 Å². The number of alkyl halides is 3. The van der Waals surface area contributed by atoms with Gasteiger partial charge < -0.3 is 4.42 Å². The summed E-state index contributed by atoms with van der Waals surface area (Å²) in [4.78, 5) is 21.3. The maximum Gasteiger partial charge on any atom is 0.417 e. The predicted molar refractivity (Wildman–Crippen MR) is 133 cm³/mol. The average molecular weight is 560 g/mol. The second-order valence-corrected chi connectivity index (χ2v) is 10.8. The van der Waals surface area contributed by atoms with E-state index in [1.165, 1.54) is 24.4 Å². The molecule has 0 saturated carbocycles. The topological polar surface area (TPSA) is 93.4 Å². The number of ketones is 1. The van der Waals surface area contributed by atoms with Crippen LogP contribution in [-0.4, -0.2) is 41.1 Å². The number of nitrogens with zero attached hydrogens (tertiary/aromatic N) is 3. The molecule has 0 N–H and O–H groups in total. The second-order valence-electron chi connectivity index (χ2n) is 8.98. The zero-order valence-electron chi connectivity index (χ0n) is 20.2. The van der Waals surface area contributed by atoms with Crippen LogP contribution in [-0.2, 0) is 27.4 Å². The van der Waals surface area contributed by atoms with Gasteiger partial charge in [0.15, 0.2) is 5.78 Å². The number of carbonyl (C=O) groups is 1. The molecular weight excluding hydrogens is 538 g/mol. The van der Waals surface area contributed by atoms with E-state index < -0.39 is 33.6 Å². The number of hydrogen-bond acceptors (Lipinski definition) is 6. The highest BCUT2D eigenvalue weighted by Crippen LogP contribution is 2.31. The zero-order valence-corrected chi connectivity index (χ0v) is 21.0. The first-order valence-corrected chi connectivity index (χ1v) is 13.3. The number of aromatic nitrogens is 2. The number of carbonyl (C=O) groups excluding carboxylic acids is 1. The van der Waals surface area contributed by atoms with Crippen LogP contribution in [0.4, 0.5) is 17.6 Å². The molecule has 5 rings (SSSR count). The van der Waals surface area contributed by atoms with Gasteiger partial charge in [-0.05, 0) is 55.3 Å². The molecule has 0 spiro atoms. The summed E-state index contributed by atoms with van der Waals surface area (Å²) in [6.45, 7) is -0.0303. The molecule has 1 aromatic carbocycles. The van der Waals surface area contributed by atoms with Gasteiger partial charge in [-0.25, -0.2) is 12.8 Å². The Hall–Kier alpha value is -3.90. The summed E-state index contributed by atoms with van der Waals surface area (Å²) < 4.78 is 85.4. The molecule has 4 heterocycles. The molecule has 1 atom stereocenters. The Kier molecular flexibility index (Phi) is 7.08. The van der Waals surface area contributed by atoms with E-state index in [4.69, 9.17) is 4.42 Å². The van der Waals surface area contributed by atoms with Crippen LogP contribution in [0.15, 0.2) is 82.6 Å². The van der Waals surface area contributed by atoms with Crippen LogP contribution in [0.1, 0.15) is 24.1 Å². The van der Waals surface area contributed by atoms with Crippen molar-refractivity contribution in [1.82, 2.24) is 14.3 Å². The first-order chi connectivity index (χ1) is 18.5. The van der Waals surface area contributed by atoms with Gasteiger partial charge in [-0.1, -0.05) is 12.2 Å². The van der Waals surface area contributed by atoms with Crippen LogP contribution in [0.2, 0.25) is 0 Å². The third kappa shape index (κ3) is 5.62. The van der Waals surface area contributed by atoms with E-state index >= 15 is 0 Å². The van der Waals surface area contributed by atoms with Crippen LogP contribution >= 0.6 is 0 Å². The fraction of sp³-hybridized carbons (Fsp3) is 0.222. The minimum absolute atomic E-state index is 0.0211. The van der Waals surface area contributed by atoms with Crippen LogP contribution in [0.3, 0.4) is 0 Å². The van der Waals surface area contributed by atoms with Crippen molar-refractivity contribution in [3.8, 4) is 11.3 Å². The summed E-state index contributed by atoms with van der Waals surface area (Å²) in [6, 6.07) is 9.36. The summed E-state index contributed by atoms with van der Waals surface area (Å²) >= 11 is 0. The van der Waals surface area contributed by atoms with Crippen LogP contribution in [0, 0.1) is 5.82 Å². The Bertz CT molecular complexity index is 1660. The molecule has 1 aliphatic rings. The second kappa shape index (κ2) is 10.3. The number of rotatable bonds is 7. The van der Waals surface area contributed by atoms with Gasteiger partial charge in [-0.2, -0.15) is 17.5 Å². The van der Waals surface area contributed by atoms with Crippen LogP contribution < -0.4 is 0 Å². The molecule has 7 nitrogen and oxygen atoms in total. The fourth-order valence-electron chi connectivity index (χ4n) is 4.36. The zero-order chi connectivity index (χ0) is 27.8. The number of halogens is 4. The summed E-state index contributed by atoms with van der Waals surface area (Å²) in [7, 11) is -4.20. The fourth-order valence-corrected chi connectivity index (χ4v) is 5.89. The lowest BCUT2D eigenvalue weighted by molar-refractivity contribution is -0.137. The number of pyridine rings is 2. The smallest absolute Gasteiger partial charge is 0.417 e. The van der Waals surface area contributed by atoms with Crippen LogP contribution in [0.25, 0.3) is 22.2 Å². The Labute approximate surface area is 220 Å². The van der Waals surface area contributed by atoms with Gasteiger partial charge in [-0.15, -0.1) is 0 Å². The van der Waals surface area contributed by atoms with E-state index in [0.717, 1.165) is 28.7 Å². The monoisotopic (exact) mass is 559 g/mol. The highest BCUT2D eigenvalue weighted by Gasteiger charge is 2.37. The first-order valence-electron chi connectivity index (χ1n) is 11.9. The Morgan fingerprint density at radius 3 is 2.62 bits per heavy atom. The van der Waals surface area contributed by atoms with Gasteiger partial charge in [-0.3, -0.25) is 14.8 Å². The van der Waals surface area contributed by atoms with E-state index in [0.29, 0.717) is 17.0 Å². The lowest BCUT2D eigenvalue weighted by atomic mass is 10.0. The average Bonchev–Trinajstić information content (AvgIpc) is 3.36. The molecule has 0 saturated heterocycles. The molecule has 3 aromatic heterocycles. The minimum Gasteiger partial charge on any atom is -0.443 e. The number of aryl methyl sites for hydroxylation is 1. The third-order valence-electron chi connectivity index (χ3n) is 6.38. The maximum atomic E-state index is 13.6. The van der Waals surface area contributed by atoms with Crippen molar-refractivity contribution in [3.63, 3.8) is 0 Å². The number of hydrogen-bond donors (Lipinski definition) is 0. The molecule has 202 valence electrons. The highest BCUT2D eigenvalue weighted by atomic mass is 32.2. The quantitative estimate of drug-likeness (QED) is 0.217. The normalized spacial score (nSPS) is 16.6. The first kappa shape index (κ1) is 26.7. The Morgan fingerprint density at radius 2 is 1.87 bits per heavy atom. The number of furan rings is 1. The van der Waals surface area contributed by atoms with Gasteiger partial charge in [0.1, 0.15) is 11.4 Å². The minimum atomic E-state index is -4.49. The largest absolute Gasteiger partial charge is 0.443 e. The Morgan fingerprint density at radius 1 is 1.05 bits per heavy atom. The molecule has 0 bridgehead atoms. The summed E-state index contributed by atoms with van der Waals surface area (Å²) in [6.07, 6.45) is 1.45. The third-order valence-corrected chi connectivity index (χ3v) is 8.11. The van der Waals surface area contributed by atoms with Gasteiger partial charge in [0, 0.05) is 48.1 Å². The SMILES string of the molecule is O=C(CCc1cc(-c2ccc(C(F)(F)F)cn2)ccn1)[C@@H]1CC=CCN1S(=O)(=O)c1cc2cc(F)ccc2o1. The van der Waals surface area contributed by atoms with Gasteiger partial charge in [0.2, 0.25) is 5.09 Å². The Balaban J connectivity index is 1.31. The molecule has 1 aliphatic heterocycles. The molecule has 0 fully saturated rings. The van der Waals surface area contributed by atoms with Crippen molar-refractivity contribution in [2.75, 3.05) is 6.54 Å². The maximum absolute atomic E-state index is 13.6. The number of Topliss-reactive ketones (excluding diaryl/α,β-unsaturated/α-hetero) is 1. The van der Waals surface area contributed by atoms with Crippen molar-refractivity contribution < 1.29 is 35.2 Å². The molecule has 0 aliphatic carbocycles. The lowest BCUT2D eigenvalue weighted by Crippen LogP contribution is -2.46. The number of benzene rings is 1. The standard InChI is InChI=1S/C27H21F4N3O4S/c28-20-5-9-25-18(13-20)15-26(38-25)39(36,37)34-12-2-1-3-23(34)24(35)8-6-21-14-17(10-11-32-21)22-7-4-19(16-33-22)27(29,30)31/h1-2,4-5,7,9-11,13-16,23H,3,6,8,12H2/t23-/m0/s1. The lowest BCUT2D eigenvalue weighted by Gasteiger charge is -2.30. The summed E-state index contributed by atoms with van der Waals surface area (Å²) in [5.74, 6) is -0.863. The molecule has 0 amide bonds. The van der Waals surface area contributed by atoms with Crippen LogP contribution in [0.5, 0.6) is 0 Å². The van der Waals surface area contributed by atoms with E-state index in [2.05, 4.69) is 9.97 Å². The van der Waals surface area contributed by atoms with Crippen molar-refractivity contribution in [3.05, 3.63) is 90.2 Å². The van der Waals surface area contributed by atoms with E-state index in [1.54, 1.807) is 24.3 Å². The number of sulfonamides is 1. The molecule has 0 unspecified atom stereocenters. The molecule has 12 heteroatoms. The van der Waals surface area contributed by atoms with Gasteiger partial charge >= 0.3 is 6.18 Å². The molecule has 0 radical (unpaired) electrons. The van der Waals surface area contributed by atoms with Crippen molar-refractivity contribution in [2.45, 2.75) is 36.6 Å². The van der Waals surface area contributed by atoms with Crippen molar-refractivity contribution >= 4 is 26.8 Å². The highest BCUT2D eigenvalue weighted by molar-refractivity contribution is 7.89. The summed E-state index contributed by atoms with van der Waals surface area (Å²) in [5, 5.41) is -0.0906. The van der Waals surface area contributed by atoms with E-state index in [-0.39, 0.29) is 47.7 Å².